The topological polar surface area (TPSA) is 228 Å². The Morgan fingerprint density at radius 3 is 2.53 bits per heavy atom. The van der Waals surface area contributed by atoms with Gasteiger partial charge in [-0.1, -0.05) is 18.2 Å². The molecular formula is C61H70N10O11S. The number of fused-ring (bicyclic) bond motifs is 5. The van der Waals surface area contributed by atoms with Gasteiger partial charge >= 0.3 is 0 Å². The van der Waals surface area contributed by atoms with E-state index in [2.05, 4.69) is 72.7 Å². The van der Waals surface area contributed by atoms with E-state index in [1.54, 1.807) is 6.07 Å². The van der Waals surface area contributed by atoms with Crippen LogP contribution in [0.2, 0.25) is 0 Å². The van der Waals surface area contributed by atoms with Gasteiger partial charge in [0.05, 0.1) is 70.2 Å². The zero-order chi connectivity index (χ0) is 56.6. The third-order valence-electron chi connectivity index (χ3n) is 18.8. The van der Waals surface area contributed by atoms with Gasteiger partial charge in [-0.3, -0.25) is 29.7 Å². The molecule has 1 amide bonds. The maximum atomic E-state index is 15.0. The second-order valence-electron chi connectivity index (χ2n) is 23.9. The van der Waals surface area contributed by atoms with Crippen molar-refractivity contribution in [1.82, 2.24) is 29.5 Å². The van der Waals surface area contributed by atoms with E-state index in [1.165, 1.54) is 11.6 Å². The van der Waals surface area contributed by atoms with Crippen molar-refractivity contribution >= 4 is 55.4 Å². The van der Waals surface area contributed by atoms with Crippen molar-refractivity contribution in [3.63, 3.8) is 0 Å². The predicted molar refractivity (Wildman–Crippen MR) is 310 cm³/mol. The van der Waals surface area contributed by atoms with Crippen LogP contribution in [0.3, 0.4) is 0 Å². The fraction of sp³-hybridized carbons (Fsp3) is 0.492. The van der Waals surface area contributed by atoms with Crippen molar-refractivity contribution in [2.75, 3.05) is 87.5 Å². The van der Waals surface area contributed by atoms with Gasteiger partial charge < -0.3 is 48.5 Å². The molecule has 1 saturated carbocycles. The smallest absolute Gasteiger partial charge is 0.297 e. The largest absolute Gasteiger partial charge is 0.492 e. The average molecular weight is 1150 g/mol. The number of aromatic nitrogens is 3. The highest BCUT2D eigenvalue weighted by molar-refractivity contribution is 7.90. The molecule has 1 aliphatic carbocycles. The van der Waals surface area contributed by atoms with Crippen LogP contribution in [0.15, 0.2) is 96.2 Å². The zero-order valence-corrected chi connectivity index (χ0v) is 47.6. The van der Waals surface area contributed by atoms with Crippen LogP contribution >= 0.6 is 0 Å². The Hall–Kier alpha value is -7.24. The molecule has 3 aromatic carbocycles. The van der Waals surface area contributed by atoms with Crippen LogP contribution in [0.5, 0.6) is 23.1 Å². The van der Waals surface area contributed by atoms with Crippen LogP contribution in [-0.4, -0.2) is 147 Å². The van der Waals surface area contributed by atoms with Gasteiger partial charge in [0.15, 0.2) is 11.4 Å². The van der Waals surface area contributed by atoms with Crippen molar-refractivity contribution in [3.05, 3.63) is 118 Å². The van der Waals surface area contributed by atoms with Crippen LogP contribution in [0, 0.1) is 21.4 Å². The lowest BCUT2D eigenvalue weighted by Crippen LogP contribution is -2.60. The lowest BCUT2D eigenvalue weighted by molar-refractivity contribution is -0.384. The van der Waals surface area contributed by atoms with Gasteiger partial charge in [-0.05, 0) is 119 Å². The van der Waals surface area contributed by atoms with E-state index < -0.39 is 37.5 Å². The van der Waals surface area contributed by atoms with Crippen LogP contribution in [0.1, 0.15) is 98.9 Å². The fourth-order valence-electron chi connectivity index (χ4n) is 14.5. The van der Waals surface area contributed by atoms with Gasteiger partial charge in [-0.2, -0.15) is 4.98 Å². The number of H-pyrrole nitrogens is 1. The maximum absolute atomic E-state index is 15.0. The minimum absolute atomic E-state index is 0.0241. The summed E-state index contributed by atoms with van der Waals surface area (Å²) in [5, 5.41) is 16.7. The number of hydrogen-bond acceptors (Lipinski definition) is 18. The van der Waals surface area contributed by atoms with Crippen LogP contribution in [0.4, 0.5) is 28.4 Å². The van der Waals surface area contributed by atoms with Crippen molar-refractivity contribution in [3.8, 4) is 23.1 Å². The third kappa shape index (κ3) is 10.1. The van der Waals surface area contributed by atoms with Crippen LogP contribution in [0.25, 0.3) is 11.0 Å². The number of anilines is 4. The van der Waals surface area contributed by atoms with E-state index in [9.17, 15) is 23.3 Å². The van der Waals surface area contributed by atoms with Crippen molar-refractivity contribution in [1.29, 1.82) is 0 Å². The van der Waals surface area contributed by atoms with Gasteiger partial charge in [-0.15, -0.1) is 0 Å². The molecule has 1 spiro atoms. The molecule has 5 atom stereocenters. The summed E-state index contributed by atoms with van der Waals surface area (Å²) >= 11 is 0. The number of piperidine rings is 1. The number of nitrogens with zero attached hydrogens (tertiary/aromatic N) is 7. The van der Waals surface area contributed by atoms with E-state index >= 15 is 0 Å². The number of carbonyl (C=O) groups is 1. The molecule has 10 heterocycles. The first-order valence-corrected chi connectivity index (χ1v) is 30.9. The molecule has 0 unspecified atom stereocenters. The van der Waals surface area contributed by atoms with Gasteiger partial charge in [0, 0.05) is 106 Å². The quantitative estimate of drug-likeness (QED) is 0.0769. The molecule has 7 aliphatic heterocycles. The minimum Gasteiger partial charge on any atom is -0.492 e. The molecule has 8 aliphatic rings. The number of ether oxygens (including phenoxy) is 6. The second-order valence-corrected chi connectivity index (χ2v) is 25.6. The number of carbonyl (C=O) groups excluding carboxylic acids is 1. The number of sulfonamides is 1. The molecule has 436 valence electrons. The number of hydrogen-bond donors (Lipinski definition) is 3. The molecule has 3 N–H and O–H groups in total. The lowest BCUT2D eigenvalue weighted by Gasteiger charge is -2.58. The summed E-state index contributed by atoms with van der Waals surface area (Å²) in [6.45, 7) is 11.2. The standard InChI is InChI=1S/C61H70N10O11S/c1-37(2)81-52-7-4-3-6-43(52)51-34-68(47-15-27-79-53-8-5-18-62-56(47)53)22-23-69(51)41-32-61(33-41)16-20-67(21-17-61)40-9-10-44(48(29-40)70-46-14-26-78-36-55(46)82-60-50(70)28-39-11-19-63-58(39)65-60)59(72)66-83(75,76)42-30-49(71(73)74)57-54(31-42)80-35-45(64-57)38-12-24-77-25-13-38/h3-11,18-19,28-31,37-38,41,45-47,51,55,64H,12-17,20-27,32-36H2,1-2H3,(H,63,65)(H,66,72)/t45-,46-,47+,51-,55-/m0/s1. The normalized spacial score (nSPS) is 24.7. The summed E-state index contributed by atoms with van der Waals surface area (Å²) in [6, 6.07) is 24.4. The number of piperazine rings is 1. The Kier molecular flexibility index (Phi) is 14.1. The Labute approximate surface area is 482 Å². The zero-order valence-electron chi connectivity index (χ0n) is 46.7. The number of pyridine rings is 2. The highest BCUT2D eigenvalue weighted by atomic mass is 32.2. The summed E-state index contributed by atoms with van der Waals surface area (Å²) in [4.78, 5) is 49.2. The van der Waals surface area contributed by atoms with E-state index in [0.29, 0.717) is 61.8 Å². The highest BCUT2D eigenvalue weighted by Gasteiger charge is 2.51. The molecule has 22 heteroatoms. The minimum atomic E-state index is -4.72. The molecule has 14 rings (SSSR count). The Morgan fingerprint density at radius 2 is 1.70 bits per heavy atom. The Balaban J connectivity index is 0.740. The fourth-order valence-corrected chi connectivity index (χ4v) is 15.5. The van der Waals surface area contributed by atoms with E-state index in [1.807, 2.05) is 48.8 Å². The van der Waals surface area contributed by atoms with E-state index in [4.69, 9.17) is 38.4 Å². The van der Waals surface area contributed by atoms with Gasteiger partial charge in [0.2, 0.25) is 5.88 Å². The van der Waals surface area contributed by atoms with Gasteiger partial charge in [0.1, 0.15) is 35.5 Å². The summed E-state index contributed by atoms with van der Waals surface area (Å²) < 4.78 is 68.0. The van der Waals surface area contributed by atoms with Crippen molar-refractivity contribution in [2.24, 2.45) is 11.3 Å². The summed E-state index contributed by atoms with van der Waals surface area (Å²) in [7, 11) is -4.72. The predicted octanol–water partition coefficient (Wildman–Crippen LogP) is 8.69. The molecule has 0 radical (unpaired) electrons. The first kappa shape index (κ1) is 53.7. The first-order chi connectivity index (χ1) is 40.3. The molecular weight excluding hydrogens is 1080 g/mol. The number of nitro groups is 1. The van der Waals surface area contributed by atoms with E-state index in [-0.39, 0.29) is 71.8 Å². The number of para-hydroxylation sites is 1. The molecule has 5 fully saturated rings. The molecule has 3 aromatic heterocycles. The maximum Gasteiger partial charge on any atom is 0.297 e. The van der Waals surface area contributed by atoms with Crippen molar-refractivity contribution < 1.29 is 46.6 Å². The number of benzene rings is 3. The summed E-state index contributed by atoms with van der Waals surface area (Å²) in [6.07, 6.45) is 10.4. The molecule has 21 nitrogen and oxygen atoms in total. The number of rotatable bonds is 12. The van der Waals surface area contributed by atoms with Gasteiger partial charge in [0.25, 0.3) is 21.6 Å². The van der Waals surface area contributed by atoms with Crippen LogP contribution in [-0.2, 0) is 19.5 Å². The SMILES string of the molecule is CC(C)Oc1ccccc1[C@@H]1CN([C@@H]2CCOc3cccnc32)CCN1C1CC2(CCN(c3ccc(C(=O)NS(=O)(=O)c4cc5c(c([N+](=O)[O-])c4)N[C@H](C4CCOCC4)CO5)c(N4c5cc6cc[nH]c6nc5O[C@H]5COCC[C@@H]54)c3)CC2)C1. The van der Waals surface area contributed by atoms with E-state index in [0.717, 1.165) is 112 Å². The number of aromatic amines is 1. The number of nitrogens with one attached hydrogen (secondary N) is 3. The average Bonchev–Trinajstić information content (AvgIpc) is 4.15. The lowest BCUT2D eigenvalue weighted by atomic mass is 9.59. The van der Waals surface area contributed by atoms with Crippen molar-refractivity contribution in [2.45, 2.75) is 113 Å². The first-order valence-electron chi connectivity index (χ1n) is 29.5. The molecule has 0 bridgehead atoms. The Bertz CT molecular complexity index is 3560. The van der Waals surface area contributed by atoms with Crippen LogP contribution < -0.4 is 38.8 Å². The monoisotopic (exact) mass is 1150 g/mol. The number of nitro benzene ring substituents is 1. The Morgan fingerprint density at radius 1 is 0.867 bits per heavy atom. The molecule has 4 saturated heterocycles. The summed E-state index contributed by atoms with van der Waals surface area (Å²) in [5.41, 5.74) is 4.79. The third-order valence-corrected chi connectivity index (χ3v) is 20.1. The highest BCUT2D eigenvalue weighted by Crippen LogP contribution is 2.55. The molecule has 6 aromatic rings. The number of amides is 1. The molecule has 83 heavy (non-hydrogen) atoms. The second kappa shape index (κ2) is 21.7. The summed E-state index contributed by atoms with van der Waals surface area (Å²) in [5.74, 6) is 1.46. The van der Waals surface area contributed by atoms with Gasteiger partial charge in [-0.25, -0.2) is 13.1 Å².